The van der Waals surface area contributed by atoms with E-state index in [1.165, 1.54) is 12.4 Å². The molecule has 4 rings (SSSR count). The van der Waals surface area contributed by atoms with Crippen molar-refractivity contribution in [2.24, 2.45) is 0 Å². The predicted molar refractivity (Wildman–Crippen MR) is 122 cm³/mol. The van der Waals surface area contributed by atoms with E-state index in [2.05, 4.69) is 38.1 Å². The number of benzene rings is 2. The molecule has 1 saturated heterocycles. The number of carbonyl (C=O) groups excluding carboxylic acids is 1. The number of allylic oxidation sites excluding steroid dienone is 1. The van der Waals surface area contributed by atoms with Crippen molar-refractivity contribution in [2.75, 3.05) is 30.3 Å². The van der Waals surface area contributed by atoms with E-state index in [0.717, 1.165) is 47.9 Å². The molecule has 1 aliphatic rings. The van der Waals surface area contributed by atoms with E-state index in [-0.39, 0.29) is 12.0 Å². The highest BCUT2D eigenvalue weighted by molar-refractivity contribution is 5.99. The van der Waals surface area contributed by atoms with Gasteiger partial charge in [0, 0.05) is 36.1 Å². The first kappa shape index (κ1) is 20.7. The van der Waals surface area contributed by atoms with Crippen LogP contribution in [0, 0.1) is 0 Å². The minimum Gasteiger partial charge on any atom is -0.371 e. The Hall–Kier alpha value is -3.55. The molecule has 3 aromatic rings. The van der Waals surface area contributed by atoms with Gasteiger partial charge < -0.3 is 20.7 Å². The fourth-order valence-electron chi connectivity index (χ4n) is 3.35. The van der Waals surface area contributed by atoms with Gasteiger partial charge in [-0.15, -0.1) is 0 Å². The van der Waals surface area contributed by atoms with Crippen LogP contribution in [0.5, 0.6) is 0 Å². The number of anilines is 3. The molecule has 7 nitrogen and oxygen atoms in total. The molecule has 0 saturated carbocycles. The smallest absolute Gasteiger partial charge is 0.248 e. The second-order valence-electron chi connectivity index (χ2n) is 7.17. The number of ether oxygens (including phenoxy) is 1. The van der Waals surface area contributed by atoms with Gasteiger partial charge in [-0.3, -0.25) is 4.79 Å². The van der Waals surface area contributed by atoms with E-state index < -0.39 is 0 Å². The maximum absolute atomic E-state index is 11.7. The molecule has 7 heteroatoms. The lowest BCUT2D eigenvalue weighted by molar-refractivity contribution is -0.111. The van der Waals surface area contributed by atoms with Gasteiger partial charge in [-0.2, -0.15) is 0 Å². The van der Waals surface area contributed by atoms with Crippen LogP contribution in [0.1, 0.15) is 18.6 Å². The number of rotatable bonds is 6. The topological polar surface area (TPSA) is 88.2 Å². The molecule has 0 radical (unpaired) electrons. The first-order valence-electron chi connectivity index (χ1n) is 10.3. The summed E-state index contributed by atoms with van der Waals surface area (Å²) in [6.45, 7) is 4.28. The minimum absolute atomic E-state index is 0.0965. The van der Waals surface area contributed by atoms with E-state index in [1.807, 2.05) is 42.5 Å². The molecular formula is C24H25N5O2. The zero-order valence-corrected chi connectivity index (χ0v) is 17.3. The summed E-state index contributed by atoms with van der Waals surface area (Å²) in [5.41, 5.74) is 4.56. The molecule has 158 valence electrons. The third-order valence-corrected chi connectivity index (χ3v) is 4.92. The van der Waals surface area contributed by atoms with Crippen LogP contribution in [-0.2, 0) is 9.53 Å². The number of carbonyl (C=O) groups is 1. The molecule has 0 spiro atoms. The lowest BCUT2D eigenvalue weighted by Gasteiger charge is -2.24. The second-order valence-corrected chi connectivity index (χ2v) is 7.17. The highest BCUT2D eigenvalue weighted by atomic mass is 16.5. The molecule has 31 heavy (non-hydrogen) atoms. The maximum atomic E-state index is 11.7. The van der Waals surface area contributed by atoms with E-state index in [4.69, 9.17) is 4.74 Å². The summed E-state index contributed by atoms with van der Waals surface area (Å²) in [6, 6.07) is 17.6. The van der Waals surface area contributed by atoms with E-state index in [9.17, 15) is 4.79 Å². The Morgan fingerprint density at radius 3 is 2.58 bits per heavy atom. The molecule has 1 atom stereocenters. The van der Waals surface area contributed by atoms with Crippen molar-refractivity contribution in [3.8, 4) is 11.3 Å². The standard InChI is InChI=1S/C24H25N5O2/c1-2-3-24(30)29-20-8-4-17(5-9-20)21-14-23(27-16-26-21)28-19-10-6-18(7-11-19)22-15-25-12-13-31-22/h2-11,14,16,22,25H,12-13,15H2,1H3,(H,29,30)(H,26,27,28). The van der Waals surface area contributed by atoms with E-state index >= 15 is 0 Å². The zero-order valence-electron chi connectivity index (χ0n) is 17.3. The van der Waals surface area contributed by atoms with Gasteiger partial charge in [0.15, 0.2) is 0 Å². The van der Waals surface area contributed by atoms with Gasteiger partial charge in [0.25, 0.3) is 0 Å². The number of hydrogen-bond acceptors (Lipinski definition) is 6. The Morgan fingerprint density at radius 1 is 1.10 bits per heavy atom. The van der Waals surface area contributed by atoms with E-state index in [1.54, 1.807) is 13.0 Å². The van der Waals surface area contributed by atoms with Crippen LogP contribution >= 0.6 is 0 Å². The summed E-state index contributed by atoms with van der Waals surface area (Å²) < 4.78 is 5.80. The van der Waals surface area contributed by atoms with Crippen molar-refractivity contribution < 1.29 is 9.53 Å². The molecule has 1 aromatic heterocycles. The van der Waals surface area contributed by atoms with Gasteiger partial charge in [-0.1, -0.05) is 30.3 Å². The number of nitrogens with zero attached hydrogens (tertiary/aromatic N) is 2. The molecule has 0 aliphatic carbocycles. The highest BCUT2D eigenvalue weighted by Gasteiger charge is 2.15. The van der Waals surface area contributed by atoms with Crippen LogP contribution in [0.4, 0.5) is 17.2 Å². The minimum atomic E-state index is -0.152. The SMILES string of the molecule is CC=CC(=O)Nc1ccc(-c2cc(Nc3ccc(C4CNCCO4)cc3)ncn2)cc1. The van der Waals surface area contributed by atoms with Crippen LogP contribution in [0.15, 0.2) is 73.1 Å². The maximum Gasteiger partial charge on any atom is 0.248 e. The Bertz CT molecular complexity index is 1040. The highest BCUT2D eigenvalue weighted by Crippen LogP contribution is 2.24. The second kappa shape index (κ2) is 9.97. The predicted octanol–water partition coefficient (Wildman–Crippen LogP) is 4.06. The van der Waals surface area contributed by atoms with Crippen molar-refractivity contribution in [3.63, 3.8) is 0 Å². The van der Waals surface area contributed by atoms with Crippen LogP contribution in [-0.4, -0.2) is 35.6 Å². The molecule has 1 amide bonds. The monoisotopic (exact) mass is 415 g/mol. The van der Waals surface area contributed by atoms with Crippen molar-refractivity contribution in [1.29, 1.82) is 0 Å². The summed E-state index contributed by atoms with van der Waals surface area (Å²) in [5, 5.41) is 9.48. The fourth-order valence-corrected chi connectivity index (χ4v) is 3.35. The molecule has 3 N–H and O–H groups in total. The first-order chi connectivity index (χ1) is 15.2. The van der Waals surface area contributed by atoms with Crippen LogP contribution < -0.4 is 16.0 Å². The van der Waals surface area contributed by atoms with Gasteiger partial charge in [0.05, 0.1) is 18.4 Å². The molecule has 1 aliphatic heterocycles. The quantitative estimate of drug-likeness (QED) is 0.526. The largest absolute Gasteiger partial charge is 0.371 e. The van der Waals surface area contributed by atoms with Crippen molar-refractivity contribution in [1.82, 2.24) is 15.3 Å². The summed E-state index contributed by atoms with van der Waals surface area (Å²) in [4.78, 5) is 20.4. The first-order valence-corrected chi connectivity index (χ1v) is 10.3. The molecule has 2 heterocycles. The molecule has 0 bridgehead atoms. The van der Waals surface area contributed by atoms with Gasteiger partial charge in [0.2, 0.25) is 5.91 Å². The summed E-state index contributed by atoms with van der Waals surface area (Å²) >= 11 is 0. The van der Waals surface area contributed by atoms with E-state index in [0.29, 0.717) is 5.82 Å². The molecule has 2 aromatic carbocycles. The third kappa shape index (κ3) is 5.53. The van der Waals surface area contributed by atoms with Gasteiger partial charge >= 0.3 is 0 Å². The van der Waals surface area contributed by atoms with Crippen molar-refractivity contribution in [3.05, 3.63) is 78.6 Å². The lowest BCUT2D eigenvalue weighted by Crippen LogP contribution is -2.33. The number of amides is 1. The molecule has 1 fully saturated rings. The summed E-state index contributed by atoms with van der Waals surface area (Å²) in [5.74, 6) is 0.555. The zero-order chi connectivity index (χ0) is 21.5. The summed E-state index contributed by atoms with van der Waals surface area (Å²) in [7, 11) is 0. The third-order valence-electron chi connectivity index (χ3n) is 4.92. The van der Waals surface area contributed by atoms with Gasteiger partial charge in [0.1, 0.15) is 12.1 Å². The average molecular weight is 415 g/mol. The number of morpholine rings is 1. The number of hydrogen-bond donors (Lipinski definition) is 3. The Labute approximate surface area is 181 Å². The normalized spacial score (nSPS) is 16.2. The Kier molecular flexibility index (Phi) is 6.66. The lowest BCUT2D eigenvalue weighted by atomic mass is 10.1. The van der Waals surface area contributed by atoms with Gasteiger partial charge in [-0.25, -0.2) is 9.97 Å². The van der Waals surface area contributed by atoms with Crippen molar-refractivity contribution in [2.45, 2.75) is 13.0 Å². The number of aromatic nitrogens is 2. The summed E-state index contributed by atoms with van der Waals surface area (Å²) in [6.07, 6.45) is 4.82. The Balaban J connectivity index is 1.43. The average Bonchev–Trinajstić information content (AvgIpc) is 2.81. The van der Waals surface area contributed by atoms with Crippen LogP contribution in [0.2, 0.25) is 0 Å². The van der Waals surface area contributed by atoms with Crippen LogP contribution in [0.3, 0.4) is 0 Å². The Morgan fingerprint density at radius 2 is 1.87 bits per heavy atom. The van der Waals surface area contributed by atoms with Gasteiger partial charge in [-0.05, 0) is 42.8 Å². The fraction of sp³-hybridized carbons (Fsp3) is 0.208. The van der Waals surface area contributed by atoms with Crippen LogP contribution in [0.25, 0.3) is 11.3 Å². The molecular weight excluding hydrogens is 390 g/mol. The molecule has 1 unspecified atom stereocenters. The number of nitrogens with one attached hydrogen (secondary N) is 3. The van der Waals surface area contributed by atoms with Crippen molar-refractivity contribution >= 4 is 23.1 Å².